The van der Waals surface area contributed by atoms with Gasteiger partial charge in [-0.2, -0.15) is 0 Å². The van der Waals surface area contributed by atoms with Gasteiger partial charge in [-0.05, 0) is 13.3 Å². The van der Waals surface area contributed by atoms with Crippen LogP contribution in [0, 0.1) is 0 Å². The van der Waals surface area contributed by atoms with E-state index in [2.05, 4.69) is 5.16 Å². The van der Waals surface area contributed by atoms with Crippen molar-refractivity contribution in [2.75, 3.05) is 20.8 Å². The van der Waals surface area contributed by atoms with E-state index in [-0.39, 0.29) is 11.7 Å². The molecule has 0 aliphatic rings. The van der Waals surface area contributed by atoms with Crippen LogP contribution in [0.2, 0.25) is 0 Å². The van der Waals surface area contributed by atoms with Crippen LogP contribution in [0.1, 0.15) is 19.8 Å². The predicted molar refractivity (Wildman–Crippen MR) is 56.8 cm³/mol. The molecule has 0 fully saturated rings. The number of carbonyl (C=O) groups excluding carboxylic acids is 1. The molecule has 15 heavy (non-hydrogen) atoms. The van der Waals surface area contributed by atoms with Gasteiger partial charge in [-0.3, -0.25) is 4.79 Å². The molecule has 0 aromatic rings. The van der Waals surface area contributed by atoms with Crippen molar-refractivity contribution < 1.29 is 14.7 Å². The third-order valence-corrected chi connectivity index (χ3v) is 2.26. The molecule has 0 aromatic carbocycles. The van der Waals surface area contributed by atoms with Crippen LogP contribution in [0.4, 0.5) is 0 Å². The Morgan fingerprint density at radius 2 is 2.27 bits per heavy atom. The maximum atomic E-state index is 11.6. The van der Waals surface area contributed by atoms with Gasteiger partial charge in [-0.25, -0.2) is 0 Å². The molecule has 0 spiro atoms. The Hall–Kier alpha value is -1.30. The van der Waals surface area contributed by atoms with Crippen LogP contribution in [0.3, 0.4) is 0 Å². The number of amides is 1. The molecule has 3 N–H and O–H groups in total. The highest BCUT2D eigenvalue weighted by molar-refractivity contribution is 5.89. The fourth-order valence-electron chi connectivity index (χ4n) is 1.04. The Labute approximate surface area is 89.7 Å². The van der Waals surface area contributed by atoms with Crippen molar-refractivity contribution in [1.82, 2.24) is 4.90 Å². The first kappa shape index (κ1) is 13.7. The van der Waals surface area contributed by atoms with Crippen LogP contribution >= 0.6 is 0 Å². The van der Waals surface area contributed by atoms with Crippen LogP contribution in [0.25, 0.3) is 0 Å². The van der Waals surface area contributed by atoms with E-state index in [1.807, 2.05) is 0 Å². The molecule has 1 unspecified atom stereocenters. The van der Waals surface area contributed by atoms with Crippen molar-refractivity contribution in [2.24, 2.45) is 10.9 Å². The van der Waals surface area contributed by atoms with E-state index >= 15 is 0 Å². The number of hydrogen-bond donors (Lipinski definition) is 2. The maximum absolute atomic E-state index is 11.6. The summed E-state index contributed by atoms with van der Waals surface area (Å²) in [7, 11) is 3.21. The van der Waals surface area contributed by atoms with Gasteiger partial charge in [0.05, 0.1) is 6.04 Å². The lowest BCUT2D eigenvalue weighted by molar-refractivity contribution is -0.130. The number of amidine groups is 1. The average Bonchev–Trinajstić information content (AvgIpc) is 2.26. The van der Waals surface area contributed by atoms with Gasteiger partial charge in [-0.1, -0.05) is 5.16 Å². The Balaban J connectivity index is 4.08. The second kappa shape index (κ2) is 7.05. The SMILES string of the molecule is COCCCC(=O)N(C)C(C)C(N)=NO. The summed E-state index contributed by atoms with van der Waals surface area (Å²) in [5.74, 6) is -0.0243. The zero-order valence-corrected chi connectivity index (χ0v) is 9.43. The minimum atomic E-state index is -0.398. The predicted octanol–water partition coefficient (Wildman–Crippen LogP) is 0.00630. The van der Waals surface area contributed by atoms with Crippen LogP contribution in [-0.2, 0) is 9.53 Å². The zero-order valence-electron chi connectivity index (χ0n) is 9.43. The summed E-state index contributed by atoms with van der Waals surface area (Å²) in [4.78, 5) is 13.0. The van der Waals surface area contributed by atoms with Gasteiger partial charge in [0.25, 0.3) is 0 Å². The molecule has 0 bridgehead atoms. The maximum Gasteiger partial charge on any atom is 0.223 e. The van der Waals surface area contributed by atoms with E-state index in [0.29, 0.717) is 19.4 Å². The highest BCUT2D eigenvalue weighted by atomic mass is 16.5. The molecular weight excluding hydrogens is 198 g/mol. The van der Waals surface area contributed by atoms with Crippen LogP contribution < -0.4 is 5.73 Å². The van der Waals surface area contributed by atoms with Gasteiger partial charge in [0, 0.05) is 27.2 Å². The zero-order chi connectivity index (χ0) is 11.8. The third-order valence-electron chi connectivity index (χ3n) is 2.26. The number of likely N-dealkylation sites (N-methyl/N-ethyl adjacent to an activating group) is 1. The standard InChI is InChI=1S/C9H19N3O3/c1-7(9(10)11-14)12(2)8(13)5-4-6-15-3/h7,14H,4-6H2,1-3H3,(H2,10,11). The molecule has 0 aliphatic heterocycles. The van der Waals surface area contributed by atoms with Gasteiger partial charge in [0.15, 0.2) is 5.84 Å². The lowest BCUT2D eigenvalue weighted by Crippen LogP contribution is -2.43. The monoisotopic (exact) mass is 217 g/mol. The van der Waals surface area contributed by atoms with Crippen molar-refractivity contribution in [3.8, 4) is 0 Å². The van der Waals surface area contributed by atoms with E-state index in [9.17, 15) is 4.79 Å². The molecule has 0 aromatic heterocycles. The van der Waals surface area contributed by atoms with E-state index in [0.717, 1.165) is 0 Å². The summed E-state index contributed by atoms with van der Waals surface area (Å²) in [6.45, 7) is 2.25. The number of nitrogens with two attached hydrogens (primary N) is 1. The minimum Gasteiger partial charge on any atom is -0.409 e. The fourth-order valence-corrected chi connectivity index (χ4v) is 1.04. The normalized spacial score (nSPS) is 13.7. The molecular formula is C9H19N3O3. The lowest BCUT2D eigenvalue weighted by Gasteiger charge is -2.23. The topological polar surface area (TPSA) is 88.2 Å². The van der Waals surface area contributed by atoms with Gasteiger partial charge in [0.1, 0.15) is 0 Å². The van der Waals surface area contributed by atoms with Crippen molar-refractivity contribution in [2.45, 2.75) is 25.8 Å². The first-order chi connectivity index (χ1) is 7.04. The van der Waals surface area contributed by atoms with E-state index in [4.69, 9.17) is 15.7 Å². The summed E-state index contributed by atoms with van der Waals surface area (Å²) < 4.78 is 4.84. The fraction of sp³-hybridized carbons (Fsp3) is 0.778. The second-order valence-electron chi connectivity index (χ2n) is 3.30. The van der Waals surface area contributed by atoms with E-state index < -0.39 is 6.04 Å². The van der Waals surface area contributed by atoms with Gasteiger partial charge in [0.2, 0.25) is 5.91 Å². The Kier molecular flexibility index (Phi) is 6.44. The van der Waals surface area contributed by atoms with Crippen LogP contribution in [0.5, 0.6) is 0 Å². The first-order valence-corrected chi connectivity index (χ1v) is 4.76. The molecule has 6 nitrogen and oxygen atoms in total. The molecule has 0 heterocycles. The molecule has 0 saturated heterocycles. The largest absolute Gasteiger partial charge is 0.409 e. The first-order valence-electron chi connectivity index (χ1n) is 4.76. The number of methoxy groups -OCH3 is 1. The highest BCUT2D eigenvalue weighted by Crippen LogP contribution is 2.01. The molecule has 1 amide bonds. The van der Waals surface area contributed by atoms with Crippen LogP contribution in [-0.4, -0.2) is 48.7 Å². The summed E-state index contributed by atoms with van der Waals surface area (Å²) in [6.07, 6.45) is 1.07. The summed E-state index contributed by atoms with van der Waals surface area (Å²) >= 11 is 0. The third kappa shape index (κ3) is 4.64. The number of carbonyl (C=O) groups is 1. The molecule has 0 aliphatic carbocycles. The van der Waals surface area contributed by atoms with Crippen molar-refractivity contribution in [1.29, 1.82) is 0 Å². The van der Waals surface area contributed by atoms with Crippen molar-refractivity contribution >= 4 is 11.7 Å². The average molecular weight is 217 g/mol. The summed E-state index contributed by atoms with van der Waals surface area (Å²) in [6, 6.07) is -0.398. The van der Waals surface area contributed by atoms with Crippen molar-refractivity contribution in [3.05, 3.63) is 0 Å². The van der Waals surface area contributed by atoms with Crippen molar-refractivity contribution in [3.63, 3.8) is 0 Å². The minimum absolute atomic E-state index is 0.0255. The quantitative estimate of drug-likeness (QED) is 0.215. The smallest absolute Gasteiger partial charge is 0.223 e. The Bertz CT molecular complexity index is 231. The van der Waals surface area contributed by atoms with E-state index in [1.165, 1.54) is 4.90 Å². The van der Waals surface area contributed by atoms with Gasteiger partial charge < -0.3 is 20.6 Å². The number of rotatable bonds is 6. The Morgan fingerprint density at radius 1 is 1.67 bits per heavy atom. The molecule has 1 atom stereocenters. The summed E-state index contributed by atoms with van der Waals surface area (Å²) in [5.41, 5.74) is 5.39. The number of ether oxygens (including phenoxy) is 1. The molecule has 88 valence electrons. The second-order valence-corrected chi connectivity index (χ2v) is 3.30. The highest BCUT2D eigenvalue weighted by Gasteiger charge is 2.18. The van der Waals surface area contributed by atoms with Crippen LogP contribution in [0.15, 0.2) is 5.16 Å². The van der Waals surface area contributed by atoms with Gasteiger partial charge >= 0.3 is 0 Å². The molecule has 0 rings (SSSR count). The number of hydrogen-bond acceptors (Lipinski definition) is 4. The lowest BCUT2D eigenvalue weighted by atomic mass is 10.2. The number of nitrogens with zero attached hydrogens (tertiary/aromatic N) is 2. The molecule has 6 heteroatoms. The van der Waals surface area contributed by atoms with Gasteiger partial charge in [-0.15, -0.1) is 0 Å². The number of oxime groups is 1. The molecule has 0 saturated carbocycles. The van der Waals surface area contributed by atoms with E-state index in [1.54, 1.807) is 21.1 Å². The summed E-state index contributed by atoms with van der Waals surface area (Å²) in [5, 5.41) is 11.3. The Morgan fingerprint density at radius 3 is 2.73 bits per heavy atom. The molecule has 0 radical (unpaired) electrons.